The van der Waals surface area contributed by atoms with Crippen molar-refractivity contribution in [1.82, 2.24) is 9.78 Å². The van der Waals surface area contributed by atoms with Crippen LogP contribution in [0.25, 0.3) is 0 Å². The number of nitrogens with one attached hydrogen (secondary N) is 1. The van der Waals surface area contributed by atoms with E-state index in [1.165, 1.54) is 11.7 Å². The summed E-state index contributed by atoms with van der Waals surface area (Å²) in [5, 5.41) is 12.3. The van der Waals surface area contributed by atoms with Crippen LogP contribution in [0.5, 0.6) is 0 Å². The molecule has 0 spiro atoms. The van der Waals surface area contributed by atoms with E-state index in [4.69, 9.17) is 5.11 Å². The standard InChI is InChI=1S/C6H9N3O4S/c1-3-4(8-14(12)13)5(6(10)11)7-9(3)2/h8H,1-2H3,(H,10,11)(H,12,13)/p-1. The number of hydrogen-bond donors (Lipinski definition) is 2. The maximum Gasteiger partial charge on any atom is 0.358 e. The zero-order valence-corrected chi connectivity index (χ0v) is 8.29. The SMILES string of the molecule is Cc1c(NS(=O)[O-])c(C(=O)O)nn1C. The lowest BCUT2D eigenvalue weighted by atomic mass is 10.3. The lowest BCUT2D eigenvalue weighted by Gasteiger charge is -2.07. The number of aryl methyl sites for hydroxylation is 1. The van der Waals surface area contributed by atoms with Crippen LogP contribution in [0.3, 0.4) is 0 Å². The summed E-state index contributed by atoms with van der Waals surface area (Å²) in [6.45, 7) is 1.56. The monoisotopic (exact) mass is 218 g/mol. The average molecular weight is 218 g/mol. The number of carboxylic acid groups (broad SMARTS) is 1. The lowest BCUT2D eigenvalue weighted by Crippen LogP contribution is -2.07. The highest BCUT2D eigenvalue weighted by atomic mass is 32.2. The Morgan fingerprint density at radius 1 is 1.71 bits per heavy atom. The fourth-order valence-corrected chi connectivity index (χ4v) is 1.37. The zero-order chi connectivity index (χ0) is 10.9. The summed E-state index contributed by atoms with van der Waals surface area (Å²) in [4.78, 5) is 10.7. The topological polar surface area (TPSA) is 107 Å². The van der Waals surface area contributed by atoms with Gasteiger partial charge in [0, 0.05) is 18.3 Å². The molecule has 7 nitrogen and oxygen atoms in total. The number of nitrogens with zero attached hydrogens (tertiary/aromatic N) is 2. The number of anilines is 1. The molecule has 8 heteroatoms. The van der Waals surface area contributed by atoms with E-state index in [-0.39, 0.29) is 11.4 Å². The van der Waals surface area contributed by atoms with Crippen LogP contribution in [-0.4, -0.2) is 29.6 Å². The molecule has 78 valence electrons. The maximum atomic E-state index is 10.7. The van der Waals surface area contributed by atoms with Crippen molar-refractivity contribution in [3.8, 4) is 0 Å². The van der Waals surface area contributed by atoms with Gasteiger partial charge in [-0.05, 0) is 6.92 Å². The first kappa shape index (κ1) is 10.7. The molecule has 14 heavy (non-hydrogen) atoms. The first-order chi connectivity index (χ1) is 6.43. The molecule has 1 atom stereocenters. The molecule has 0 saturated heterocycles. The minimum absolute atomic E-state index is 0.00617. The molecule has 0 saturated carbocycles. The second kappa shape index (κ2) is 3.76. The fourth-order valence-electron chi connectivity index (χ4n) is 0.963. The van der Waals surface area contributed by atoms with Gasteiger partial charge in [-0.25, -0.2) is 4.79 Å². The fraction of sp³-hybridized carbons (Fsp3) is 0.333. The van der Waals surface area contributed by atoms with Crippen molar-refractivity contribution in [2.75, 3.05) is 4.72 Å². The molecule has 0 aliphatic rings. The molecule has 1 aromatic heterocycles. The first-order valence-electron chi connectivity index (χ1n) is 3.56. The van der Waals surface area contributed by atoms with E-state index in [1.807, 2.05) is 4.72 Å². The highest BCUT2D eigenvalue weighted by molar-refractivity contribution is 7.80. The second-order valence-corrected chi connectivity index (χ2v) is 3.25. The Hall–Kier alpha value is -1.41. The van der Waals surface area contributed by atoms with Crippen molar-refractivity contribution in [2.24, 2.45) is 7.05 Å². The third-order valence-electron chi connectivity index (χ3n) is 1.72. The van der Waals surface area contributed by atoms with E-state index in [0.717, 1.165) is 0 Å². The van der Waals surface area contributed by atoms with E-state index in [9.17, 15) is 13.6 Å². The predicted molar refractivity (Wildman–Crippen MR) is 47.4 cm³/mol. The molecule has 0 aliphatic carbocycles. The molecular weight excluding hydrogens is 210 g/mol. The van der Waals surface area contributed by atoms with Gasteiger partial charge in [-0.1, -0.05) is 0 Å². The van der Waals surface area contributed by atoms with Crippen molar-refractivity contribution < 1.29 is 18.7 Å². The molecule has 1 rings (SSSR count). The van der Waals surface area contributed by atoms with E-state index >= 15 is 0 Å². The number of aromatic nitrogens is 2. The summed E-state index contributed by atoms with van der Waals surface area (Å²) in [7, 11) is 1.53. The van der Waals surface area contributed by atoms with Crippen molar-refractivity contribution in [3.05, 3.63) is 11.4 Å². The highest BCUT2D eigenvalue weighted by Crippen LogP contribution is 2.19. The third-order valence-corrected chi connectivity index (χ3v) is 2.09. The quantitative estimate of drug-likeness (QED) is 0.673. The smallest absolute Gasteiger partial charge is 0.358 e. The molecule has 2 N–H and O–H groups in total. The summed E-state index contributed by atoms with van der Waals surface area (Å²) in [6, 6.07) is 0. The molecular formula is C6H8N3O4S-. The number of rotatable bonds is 3. The van der Waals surface area contributed by atoms with Crippen molar-refractivity contribution in [3.63, 3.8) is 0 Å². The average Bonchev–Trinajstić information content (AvgIpc) is 2.32. The number of carbonyl (C=O) groups is 1. The summed E-state index contributed by atoms with van der Waals surface area (Å²) >= 11 is -2.56. The first-order valence-corrected chi connectivity index (χ1v) is 4.63. The summed E-state index contributed by atoms with van der Waals surface area (Å²) < 4.78 is 24.0. The van der Waals surface area contributed by atoms with Crippen LogP contribution in [0.2, 0.25) is 0 Å². The second-order valence-electron chi connectivity index (χ2n) is 2.57. The van der Waals surface area contributed by atoms with Gasteiger partial charge in [0.15, 0.2) is 5.69 Å². The van der Waals surface area contributed by atoms with Crippen LogP contribution in [0.15, 0.2) is 0 Å². The normalized spacial score (nSPS) is 12.5. The minimum atomic E-state index is -2.56. The lowest BCUT2D eigenvalue weighted by molar-refractivity contribution is 0.0691. The Morgan fingerprint density at radius 2 is 2.29 bits per heavy atom. The van der Waals surface area contributed by atoms with Gasteiger partial charge >= 0.3 is 5.97 Å². The van der Waals surface area contributed by atoms with Crippen LogP contribution in [0, 0.1) is 6.92 Å². The van der Waals surface area contributed by atoms with E-state index in [1.54, 1.807) is 6.92 Å². The van der Waals surface area contributed by atoms with Gasteiger partial charge in [0.25, 0.3) is 0 Å². The van der Waals surface area contributed by atoms with Crippen molar-refractivity contribution in [1.29, 1.82) is 0 Å². The maximum absolute atomic E-state index is 10.7. The predicted octanol–water partition coefficient (Wildman–Crippen LogP) is -0.367. The molecule has 0 fully saturated rings. The van der Waals surface area contributed by atoms with Crippen LogP contribution < -0.4 is 4.72 Å². The van der Waals surface area contributed by atoms with Crippen molar-refractivity contribution >= 4 is 22.9 Å². The Bertz CT molecular complexity index is 400. The van der Waals surface area contributed by atoms with Gasteiger partial charge in [0.05, 0.1) is 5.69 Å². The highest BCUT2D eigenvalue weighted by Gasteiger charge is 2.18. The zero-order valence-electron chi connectivity index (χ0n) is 7.47. The van der Waals surface area contributed by atoms with Crippen LogP contribution in [0.1, 0.15) is 16.2 Å². The van der Waals surface area contributed by atoms with Crippen LogP contribution in [-0.2, 0) is 18.3 Å². The van der Waals surface area contributed by atoms with Crippen LogP contribution in [0.4, 0.5) is 5.69 Å². The van der Waals surface area contributed by atoms with Gasteiger partial charge < -0.3 is 14.4 Å². The Kier molecular flexibility index (Phi) is 2.87. The summed E-state index contributed by atoms with van der Waals surface area (Å²) in [5.74, 6) is -1.28. The summed E-state index contributed by atoms with van der Waals surface area (Å²) in [6.07, 6.45) is 0. The largest absolute Gasteiger partial charge is 0.755 e. The van der Waals surface area contributed by atoms with Gasteiger partial charge in [0.1, 0.15) is 5.69 Å². The minimum Gasteiger partial charge on any atom is -0.755 e. The van der Waals surface area contributed by atoms with Crippen LogP contribution >= 0.6 is 0 Å². The van der Waals surface area contributed by atoms with E-state index in [2.05, 4.69) is 5.10 Å². The van der Waals surface area contributed by atoms with Crippen molar-refractivity contribution in [2.45, 2.75) is 6.92 Å². The van der Waals surface area contributed by atoms with Gasteiger partial charge in [-0.3, -0.25) is 8.89 Å². The van der Waals surface area contributed by atoms with E-state index in [0.29, 0.717) is 5.69 Å². The summed E-state index contributed by atoms with van der Waals surface area (Å²) in [5.41, 5.74) is 0.120. The molecule has 0 aromatic carbocycles. The molecule has 0 aliphatic heterocycles. The molecule has 0 amide bonds. The molecule has 0 radical (unpaired) electrons. The number of carboxylic acids is 1. The molecule has 1 unspecified atom stereocenters. The number of aromatic carboxylic acids is 1. The Balaban J connectivity index is 3.23. The molecule has 1 aromatic rings. The van der Waals surface area contributed by atoms with Gasteiger partial charge in [-0.15, -0.1) is 0 Å². The van der Waals surface area contributed by atoms with Gasteiger partial charge in [-0.2, -0.15) is 5.10 Å². The third kappa shape index (κ3) is 1.91. The Morgan fingerprint density at radius 3 is 2.71 bits per heavy atom. The van der Waals surface area contributed by atoms with E-state index < -0.39 is 17.2 Å². The molecule has 0 bridgehead atoms. The number of hydrogen-bond acceptors (Lipinski definition) is 4. The van der Waals surface area contributed by atoms with Gasteiger partial charge in [0.2, 0.25) is 0 Å². The Labute approximate surface area is 82.2 Å². The molecule has 1 heterocycles.